The van der Waals surface area contributed by atoms with Crippen molar-refractivity contribution in [2.24, 2.45) is 5.92 Å². The molecule has 0 spiro atoms. The minimum absolute atomic E-state index is 0.652. The molecule has 1 atom stereocenters. The minimum atomic E-state index is 0.652. The Hall–Kier alpha value is -0.0800. The molecule has 2 nitrogen and oxygen atoms in total. The predicted octanol–water partition coefficient (Wildman–Crippen LogP) is 4.20. The molecule has 0 aromatic heterocycles. The molecule has 2 aliphatic carbocycles. The first-order chi connectivity index (χ1) is 9.72. The summed E-state index contributed by atoms with van der Waals surface area (Å²) in [7, 11) is 2.14. The normalized spacial score (nSPS) is 24.4. The number of nitrogens with zero attached hydrogens (tertiary/aromatic N) is 1. The molecule has 1 unspecified atom stereocenters. The molecule has 1 N–H and O–H groups in total. The van der Waals surface area contributed by atoms with Crippen molar-refractivity contribution in [3.05, 3.63) is 0 Å². The van der Waals surface area contributed by atoms with Crippen molar-refractivity contribution in [2.75, 3.05) is 13.6 Å². The van der Waals surface area contributed by atoms with Crippen LogP contribution < -0.4 is 5.32 Å². The van der Waals surface area contributed by atoms with Crippen molar-refractivity contribution in [1.29, 1.82) is 0 Å². The van der Waals surface area contributed by atoms with Crippen LogP contribution in [0.25, 0.3) is 0 Å². The molecule has 0 aromatic rings. The smallest absolute Gasteiger partial charge is 0.0215 e. The van der Waals surface area contributed by atoms with E-state index in [0.29, 0.717) is 6.04 Å². The molecular formula is C18H36N2. The second kappa shape index (κ2) is 8.38. The first kappa shape index (κ1) is 16.3. The molecule has 0 radical (unpaired) electrons. The number of rotatable bonds is 6. The second-order valence-corrected chi connectivity index (χ2v) is 7.42. The average molecular weight is 280 g/mol. The maximum Gasteiger partial charge on any atom is 0.0215 e. The van der Waals surface area contributed by atoms with Gasteiger partial charge >= 0.3 is 0 Å². The van der Waals surface area contributed by atoms with E-state index in [1.807, 2.05) is 0 Å². The first-order valence-corrected chi connectivity index (χ1v) is 9.15. The molecule has 2 heteroatoms. The molecule has 2 saturated carbocycles. The summed E-state index contributed by atoms with van der Waals surface area (Å²) >= 11 is 0. The lowest BCUT2D eigenvalue weighted by Crippen LogP contribution is -2.52. The summed E-state index contributed by atoms with van der Waals surface area (Å²) in [6, 6.07) is 2.40. The highest BCUT2D eigenvalue weighted by atomic mass is 15.2. The molecule has 0 aromatic carbocycles. The molecule has 0 heterocycles. The van der Waals surface area contributed by atoms with Crippen molar-refractivity contribution in [3.63, 3.8) is 0 Å². The zero-order valence-electron chi connectivity index (χ0n) is 14.0. The molecule has 0 saturated heterocycles. The lowest BCUT2D eigenvalue weighted by Gasteiger charge is -2.44. The Kier molecular flexibility index (Phi) is 6.83. The Morgan fingerprint density at radius 1 is 0.850 bits per heavy atom. The summed E-state index contributed by atoms with van der Waals surface area (Å²) < 4.78 is 0. The van der Waals surface area contributed by atoms with Gasteiger partial charge in [-0.05, 0) is 38.6 Å². The summed E-state index contributed by atoms with van der Waals surface area (Å²) in [4.78, 5) is 2.93. The predicted molar refractivity (Wildman–Crippen MR) is 88.1 cm³/mol. The van der Waals surface area contributed by atoms with Crippen LogP contribution in [0.1, 0.15) is 78.1 Å². The third-order valence-electron chi connectivity index (χ3n) is 5.67. The zero-order chi connectivity index (χ0) is 14.4. The summed E-state index contributed by atoms with van der Waals surface area (Å²) in [5, 5.41) is 3.57. The van der Waals surface area contributed by atoms with Gasteiger partial charge in [0.1, 0.15) is 0 Å². The van der Waals surface area contributed by atoms with Gasteiger partial charge in [-0.15, -0.1) is 0 Å². The van der Waals surface area contributed by atoms with Gasteiger partial charge in [0.05, 0.1) is 0 Å². The standard InChI is InChI=1S/C18H36N2/c1-15(2)18(19-3)14-20(16-10-6-4-7-11-16)17-12-8-5-9-13-17/h15-19H,4-14H2,1-3H3. The molecule has 2 rings (SSSR count). The zero-order valence-corrected chi connectivity index (χ0v) is 14.0. The van der Waals surface area contributed by atoms with E-state index in [0.717, 1.165) is 18.0 Å². The van der Waals surface area contributed by atoms with Crippen molar-refractivity contribution in [3.8, 4) is 0 Å². The molecule has 0 amide bonds. The molecule has 0 aliphatic heterocycles. The third-order valence-corrected chi connectivity index (χ3v) is 5.67. The average Bonchev–Trinajstić information content (AvgIpc) is 2.50. The highest BCUT2D eigenvalue weighted by Gasteiger charge is 2.30. The minimum Gasteiger partial charge on any atom is -0.315 e. The molecule has 20 heavy (non-hydrogen) atoms. The number of hydrogen-bond acceptors (Lipinski definition) is 2. The van der Waals surface area contributed by atoms with E-state index in [4.69, 9.17) is 0 Å². The summed E-state index contributed by atoms with van der Waals surface area (Å²) in [6.45, 7) is 5.99. The third kappa shape index (κ3) is 4.46. The van der Waals surface area contributed by atoms with Crippen LogP contribution in [0.4, 0.5) is 0 Å². The quantitative estimate of drug-likeness (QED) is 0.784. The van der Waals surface area contributed by atoms with Crippen molar-refractivity contribution >= 4 is 0 Å². The maximum atomic E-state index is 3.57. The van der Waals surface area contributed by atoms with Crippen LogP contribution in [0, 0.1) is 5.92 Å². The lowest BCUT2D eigenvalue weighted by atomic mass is 9.87. The Labute approximate surface area is 126 Å². The Balaban J connectivity index is 2.01. The summed E-state index contributed by atoms with van der Waals surface area (Å²) in [5.74, 6) is 0.731. The van der Waals surface area contributed by atoms with Gasteiger partial charge in [0.15, 0.2) is 0 Å². The Bertz CT molecular complexity index is 234. The Morgan fingerprint density at radius 2 is 1.30 bits per heavy atom. The number of nitrogens with one attached hydrogen (secondary N) is 1. The molecule has 2 fully saturated rings. The van der Waals surface area contributed by atoms with E-state index in [2.05, 4.69) is 31.1 Å². The fraction of sp³-hybridized carbons (Fsp3) is 1.00. The van der Waals surface area contributed by atoms with Crippen LogP contribution in [0.3, 0.4) is 0 Å². The first-order valence-electron chi connectivity index (χ1n) is 9.15. The highest BCUT2D eigenvalue weighted by molar-refractivity contribution is 4.87. The van der Waals surface area contributed by atoms with Crippen LogP contribution in [0.2, 0.25) is 0 Å². The second-order valence-electron chi connectivity index (χ2n) is 7.42. The van der Waals surface area contributed by atoms with E-state index in [9.17, 15) is 0 Å². The number of likely N-dealkylation sites (N-methyl/N-ethyl adjacent to an activating group) is 1. The fourth-order valence-corrected chi connectivity index (χ4v) is 4.28. The summed E-state index contributed by atoms with van der Waals surface area (Å²) in [5.41, 5.74) is 0. The van der Waals surface area contributed by atoms with E-state index in [-0.39, 0.29) is 0 Å². The van der Waals surface area contributed by atoms with Crippen molar-refractivity contribution < 1.29 is 0 Å². The van der Waals surface area contributed by atoms with E-state index < -0.39 is 0 Å². The highest BCUT2D eigenvalue weighted by Crippen LogP contribution is 2.30. The van der Waals surface area contributed by atoms with E-state index >= 15 is 0 Å². The molecule has 0 bridgehead atoms. The van der Waals surface area contributed by atoms with Crippen molar-refractivity contribution in [2.45, 2.75) is 96.2 Å². The Morgan fingerprint density at radius 3 is 1.65 bits per heavy atom. The largest absolute Gasteiger partial charge is 0.315 e. The van der Waals surface area contributed by atoms with Crippen LogP contribution in [0.5, 0.6) is 0 Å². The van der Waals surface area contributed by atoms with Gasteiger partial charge in [-0.2, -0.15) is 0 Å². The molecule has 2 aliphatic rings. The lowest BCUT2D eigenvalue weighted by molar-refractivity contribution is 0.0652. The van der Waals surface area contributed by atoms with Gasteiger partial charge in [-0.3, -0.25) is 4.90 Å². The van der Waals surface area contributed by atoms with Gasteiger partial charge in [0.2, 0.25) is 0 Å². The number of hydrogen-bond donors (Lipinski definition) is 1. The van der Waals surface area contributed by atoms with Crippen molar-refractivity contribution in [1.82, 2.24) is 10.2 Å². The van der Waals surface area contributed by atoms with Gasteiger partial charge < -0.3 is 5.32 Å². The molecule has 118 valence electrons. The van der Waals surface area contributed by atoms with Crippen LogP contribution in [-0.2, 0) is 0 Å². The maximum absolute atomic E-state index is 3.57. The SMILES string of the molecule is CNC(CN(C1CCCCC1)C1CCCCC1)C(C)C. The van der Waals surface area contributed by atoms with Gasteiger partial charge in [0.25, 0.3) is 0 Å². The topological polar surface area (TPSA) is 15.3 Å². The van der Waals surface area contributed by atoms with E-state index in [1.165, 1.54) is 70.8 Å². The van der Waals surface area contributed by atoms with Crippen LogP contribution in [-0.4, -0.2) is 36.6 Å². The summed E-state index contributed by atoms with van der Waals surface area (Å²) in [6.07, 6.45) is 14.6. The monoisotopic (exact) mass is 280 g/mol. The van der Waals surface area contributed by atoms with E-state index in [1.54, 1.807) is 0 Å². The van der Waals surface area contributed by atoms with Gasteiger partial charge in [-0.25, -0.2) is 0 Å². The fourth-order valence-electron chi connectivity index (χ4n) is 4.28. The van der Waals surface area contributed by atoms with Gasteiger partial charge in [-0.1, -0.05) is 52.4 Å². The van der Waals surface area contributed by atoms with Crippen LogP contribution >= 0.6 is 0 Å². The van der Waals surface area contributed by atoms with Gasteiger partial charge in [0, 0.05) is 24.7 Å². The molecular weight excluding hydrogens is 244 g/mol. The van der Waals surface area contributed by atoms with Crippen LogP contribution in [0.15, 0.2) is 0 Å².